The Hall–Kier alpha value is -3.33. The van der Waals surface area contributed by atoms with E-state index in [9.17, 15) is 18.0 Å². The van der Waals surface area contributed by atoms with E-state index in [0.717, 1.165) is 27.1 Å². The van der Waals surface area contributed by atoms with Gasteiger partial charge in [0, 0.05) is 30.6 Å². The summed E-state index contributed by atoms with van der Waals surface area (Å²) in [6.45, 7) is 4.61. The van der Waals surface area contributed by atoms with Crippen molar-refractivity contribution >= 4 is 28.3 Å². The second-order valence-electron chi connectivity index (χ2n) is 9.10. The van der Waals surface area contributed by atoms with E-state index in [0.29, 0.717) is 49.6 Å². The fraction of sp³-hybridized carbons (Fsp3) is 0.385. The highest BCUT2D eigenvalue weighted by atomic mass is 19.4. The highest BCUT2D eigenvalue weighted by molar-refractivity contribution is 6.03. The minimum Gasteiger partial charge on any atom is -0.382 e. The Morgan fingerprint density at radius 1 is 1.11 bits per heavy atom. The Labute approximate surface area is 201 Å². The second-order valence-corrected chi connectivity index (χ2v) is 9.10. The molecule has 2 aliphatic heterocycles. The molecule has 2 N–H and O–H groups in total. The van der Waals surface area contributed by atoms with Crippen molar-refractivity contribution < 1.29 is 22.7 Å². The highest BCUT2D eigenvalue weighted by Gasteiger charge is 2.48. The van der Waals surface area contributed by atoms with E-state index < -0.39 is 18.1 Å². The Morgan fingerprint density at radius 3 is 2.63 bits per heavy atom. The van der Waals surface area contributed by atoms with E-state index in [4.69, 9.17) is 10.5 Å². The number of nitrogens with two attached hydrogens (primary N) is 1. The van der Waals surface area contributed by atoms with Gasteiger partial charge >= 0.3 is 6.18 Å². The number of likely N-dealkylation sites (tertiary alicyclic amines) is 1. The lowest BCUT2D eigenvalue weighted by Gasteiger charge is -2.29. The average molecular weight is 485 g/mol. The van der Waals surface area contributed by atoms with Crippen LogP contribution in [0, 0.1) is 6.92 Å². The molecular weight excluding hydrogens is 457 g/mol. The summed E-state index contributed by atoms with van der Waals surface area (Å²) in [6, 6.07) is 11.0. The number of halogens is 3. The maximum atomic E-state index is 13.6. The monoisotopic (exact) mass is 484 g/mol. The SMILES string of the molecule is Cc1cccc(C(=O)N2CCC[C@H]2C(F)(F)F)c1-c1ccc2nc(N)c(N3CCOCC3)cc2c1. The first kappa shape index (κ1) is 23.4. The van der Waals surface area contributed by atoms with Crippen molar-refractivity contribution in [1.82, 2.24) is 9.88 Å². The van der Waals surface area contributed by atoms with Gasteiger partial charge in [-0.2, -0.15) is 13.2 Å². The van der Waals surface area contributed by atoms with Gasteiger partial charge < -0.3 is 20.3 Å². The van der Waals surface area contributed by atoms with Crippen LogP contribution in [0.1, 0.15) is 28.8 Å². The van der Waals surface area contributed by atoms with Crippen molar-refractivity contribution in [2.45, 2.75) is 32.0 Å². The van der Waals surface area contributed by atoms with E-state index in [1.54, 1.807) is 12.1 Å². The quantitative estimate of drug-likeness (QED) is 0.579. The largest absolute Gasteiger partial charge is 0.408 e. The fourth-order valence-electron chi connectivity index (χ4n) is 5.13. The van der Waals surface area contributed by atoms with Crippen LogP contribution in [0.15, 0.2) is 42.5 Å². The molecule has 2 saturated heterocycles. The number of amides is 1. The third-order valence-electron chi connectivity index (χ3n) is 6.86. The van der Waals surface area contributed by atoms with Crippen LogP contribution in [-0.2, 0) is 4.74 Å². The van der Waals surface area contributed by atoms with Crippen molar-refractivity contribution in [2.24, 2.45) is 0 Å². The minimum atomic E-state index is -4.44. The molecule has 6 nitrogen and oxygen atoms in total. The molecule has 1 amide bonds. The smallest absolute Gasteiger partial charge is 0.382 e. The van der Waals surface area contributed by atoms with Crippen molar-refractivity contribution in [2.75, 3.05) is 43.5 Å². The van der Waals surface area contributed by atoms with Crippen LogP contribution in [0.3, 0.4) is 0 Å². The first-order chi connectivity index (χ1) is 16.7. The number of aromatic nitrogens is 1. The van der Waals surface area contributed by atoms with Gasteiger partial charge in [0.15, 0.2) is 0 Å². The number of fused-ring (bicyclic) bond motifs is 1. The number of pyridine rings is 1. The number of carbonyl (C=O) groups excluding carboxylic acids is 1. The number of carbonyl (C=O) groups is 1. The molecule has 9 heteroatoms. The van der Waals surface area contributed by atoms with Crippen LogP contribution in [0.5, 0.6) is 0 Å². The zero-order valence-corrected chi connectivity index (χ0v) is 19.4. The lowest BCUT2D eigenvalue weighted by molar-refractivity contribution is -0.169. The Balaban J connectivity index is 1.57. The zero-order chi connectivity index (χ0) is 24.7. The number of aryl methyl sites for hydroxylation is 1. The molecule has 0 saturated carbocycles. The molecule has 0 aliphatic carbocycles. The van der Waals surface area contributed by atoms with Gasteiger partial charge in [-0.05, 0) is 60.7 Å². The van der Waals surface area contributed by atoms with Crippen LogP contribution in [0.2, 0.25) is 0 Å². The van der Waals surface area contributed by atoms with Gasteiger partial charge in [-0.25, -0.2) is 4.98 Å². The summed E-state index contributed by atoms with van der Waals surface area (Å²) >= 11 is 0. The highest BCUT2D eigenvalue weighted by Crippen LogP contribution is 2.37. The van der Waals surface area contributed by atoms with Crippen LogP contribution in [-0.4, -0.2) is 60.9 Å². The van der Waals surface area contributed by atoms with Gasteiger partial charge in [-0.3, -0.25) is 4.79 Å². The summed E-state index contributed by atoms with van der Waals surface area (Å²) < 4.78 is 46.1. The molecule has 184 valence electrons. The molecule has 3 heterocycles. The summed E-state index contributed by atoms with van der Waals surface area (Å²) in [4.78, 5) is 21.1. The topological polar surface area (TPSA) is 71.7 Å². The van der Waals surface area contributed by atoms with Crippen LogP contribution < -0.4 is 10.6 Å². The maximum absolute atomic E-state index is 13.6. The number of alkyl halides is 3. The van der Waals surface area contributed by atoms with Gasteiger partial charge in [0.1, 0.15) is 11.9 Å². The summed E-state index contributed by atoms with van der Waals surface area (Å²) in [5.74, 6) is -0.154. The number of ether oxygens (including phenoxy) is 1. The van der Waals surface area contributed by atoms with Crippen LogP contribution in [0.25, 0.3) is 22.0 Å². The molecule has 2 aromatic carbocycles. The molecule has 35 heavy (non-hydrogen) atoms. The third-order valence-corrected chi connectivity index (χ3v) is 6.86. The fourth-order valence-corrected chi connectivity index (χ4v) is 5.13. The van der Waals surface area contributed by atoms with E-state index in [1.165, 1.54) is 0 Å². The molecule has 1 atom stereocenters. The van der Waals surface area contributed by atoms with Crippen LogP contribution in [0.4, 0.5) is 24.7 Å². The normalized spacial score (nSPS) is 18.9. The number of rotatable bonds is 3. The van der Waals surface area contributed by atoms with E-state index in [1.807, 2.05) is 37.3 Å². The second kappa shape index (κ2) is 9.03. The minimum absolute atomic E-state index is 0.0657. The van der Waals surface area contributed by atoms with E-state index in [2.05, 4.69) is 9.88 Å². The number of nitrogens with zero attached hydrogens (tertiary/aromatic N) is 3. The predicted molar refractivity (Wildman–Crippen MR) is 129 cm³/mol. The number of hydrogen-bond donors (Lipinski definition) is 1. The summed E-state index contributed by atoms with van der Waals surface area (Å²) in [5.41, 5.74) is 10.2. The lowest BCUT2D eigenvalue weighted by atomic mass is 9.93. The molecule has 3 aromatic rings. The molecule has 0 spiro atoms. The first-order valence-corrected chi connectivity index (χ1v) is 11.7. The third kappa shape index (κ3) is 4.40. The number of nitrogen functional groups attached to an aromatic ring is 1. The molecule has 2 fully saturated rings. The van der Waals surface area contributed by atoms with E-state index >= 15 is 0 Å². The Morgan fingerprint density at radius 2 is 1.89 bits per heavy atom. The lowest BCUT2D eigenvalue weighted by Crippen LogP contribution is -2.44. The molecule has 2 aliphatic rings. The van der Waals surface area contributed by atoms with Gasteiger partial charge in [0.25, 0.3) is 5.91 Å². The molecule has 5 rings (SSSR count). The van der Waals surface area contributed by atoms with E-state index in [-0.39, 0.29) is 18.5 Å². The maximum Gasteiger partial charge on any atom is 0.408 e. The Kier molecular flexibility index (Phi) is 6.04. The van der Waals surface area contributed by atoms with Crippen molar-refractivity contribution in [3.05, 3.63) is 53.6 Å². The predicted octanol–water partition coefficient (Wildman–Crippen LogP) is 4.80. The molecule has 0 bridgehead atoms. The average Bonchev–Trinajstić information content (AvgIpc) is 3.34. The molecule has 0 unspecified atom stereocenters. The summed E-state index contributed by atoms with van der Waals surface area (Å²) in [7, 11) is 0. The number of benzene rings is 2. The summed E-state index contributed by atoms with van der Waals surface area (Å²) in [5, 5.41) is 0.842. The summed E-state index contributed by atoms with van der Waals surface area (Å²) in [6.07, 6.45) is -4.17. The Bertz CT molecular complexity index is 1270. The van der Waals surface area contributed by atoms with Gasteiger partial charge in [0.05, 0.1) is 24.4 Å². The number of anilines is 2. The standard InChI is InChI=1S/C26H27F3N4O2/c1-16-4-2-5-19(25(34)33-9-3-6-22(33)26(27,28)29)23(16)17-7-8-20-18(14-17)15-21(24(30)31-20)32-10-12-35-13-11-32/h2,4-5,7-8,14-15,22H,3,6,9-13H2,1H3,(H2,30,31)/t22-/m0/s1. The molecular formula is C26H27F3N4O2. The van der Waals surface area contributed by atoms with Crippen LogP contribution >= 0.6 is 0 Å². The first-order valence-electron chi connectivity index (χ1n) is 11.7. The van der Waals surface area contributed by atoms with Gasteiger partial charge in [-0.1, -0.05) is 18.2 Å². The van der Waals surface area contributed by atoms with Gasteiger partial charge in [-0.15, -0.1) is 0 Å². The molecule has 0 radical (unpaired) electrons. The zero-order valence-electron chi connectivity index (χ0n) is 19.4. The van der Waals surface area contributed by atoms with Crippen molar-refractivity contribution in [3.8, 4) is 11.1 Å². The van der Waals surface area contributed by atoms with Gasteiger partial charge in [0.2, 0.25) is 0 Å². The number of hydrogen-bond acceptors (Lipinski definition) is 5. The number of morpholine rings is 1. The molecule has 1 aromatic heterocycles. The van der Waals surface area contributed by atoms with Crippen molar-refractivity contribution in [3.63, 3.8) is 0 Å². The van der Waals surface area contributed by atoms with Crippen molar-refractivity contribution in [1.29, 1.82) is 0 Å².